The molecule has 0 bridgehead atoms. The Bertz CT molecular complexity index is 776. The molecule has 0 saturated heterocycles. The number of carbonyl (C=O) groups is 1. The van der Waals surface area contributed by atoms with Crippen LogP contribution in [0.1, 0.15) is 24.5 Å². The maximum absolute atomic E-state index is 13.0. The quantitative estimate of drug-likeness (QED) is 0.835. The van der Waals surface area contributed by atoms with Gasteiger partial charge in [0.25, 0.3) is 0 Å². The number of hydrogen-bond acceptors (Lipinski definition) is 3. The van der Waals surface area contributed by atoms with Crippen LogP contribution < -0.4 is 4.90 Å². The second-order valence-corrected chi connectivity index (χ2v) is 8.17. The van der Waals surface area contributed by atoms with Gasteiger partial charge in [0.2, 0.25) is 5.91 Å². The molecule has 130 valence electrons. The van der Waals surface area contributed by atoms with Crippen molar-refractivity contribution >= 4 is 23.4 Å². The number of benzene rings is 2. The average Bonchev–Trinajstić information content (AvgIpc) is 2.67. The number of carbonyl (C=O) groups excluding carboxylic acids is 1. The summed E-state index contributed by atoms with van der Waals surface area (Å²) in [5, 5.41) is 0.560. The second kappa shape index (κ2) is 7.12. The summed E-state index contributed by atoms with van der Waals surface area (Å²) in [5.74, 6) is 0.242. The van der Waals surface area contributed by atoms with E-state index < -0.39 is 0 Å². The van der Waals surface area contributed by atoms with Gasteiger partial charge in [-0.25, -0.2) is 0 Å². The van der Waals surface area contributed by atoms with E-state index >= 15 is 0 Å². The minimum Gasteiger partial charge on any atom is -0.360 e. The van der Waals surface area contributed by atoms with Gasteiger partial charge in [0.05, 0.1) is 12.2 Å². The Hall–Kier alpha value is -1.94. The van der Waals surface area contributed by atoms with Crippen LogP contribution in [0.25, 0.3) is 0 Å². The number of nitrogens with zero attached hydrogens (tertiary/aromatic N) is 2. The van der Waals surface area contributed by atoms with Gasteiger partial charge in [-0.05, 0) is 36.1 Å². The van der Waals surface area contributed by atoms with Gasteiger partial charge in [-0.3, -0.25) is 4.79 Å². The molecule has 0 unspecified atom stereocenters. The first kappa shape index (κ1) is 16.5. The molecule has 0 aliphatic carbocycles. The monoisotopic (exact) mass is 352 g/mol. The average molecular weight is 353 g/mol. The number of rotatable bonds is 3. The molecular weight excluding hydrogens is 328 g/mol. The van der Waals surface area contributed by atoms with Gasteiger partial charge < -0.3 is 9.80 Å². The van der Waals surface area contributed by atoms with Crippen molar-refractivity contribution in [3.05, 3.63) is 59.7 Å². The van der Waals surface area contributed by atoms with Crippen molar-refractivity contribution in [2.24, 2.45) is 0 Å². The zero-order chi connectivity index (χ0) is 17.2. The lowest BCUT2D eigenvalue weighted by Crippen LogP contribution is -2.45. The molecule has 2 aromatic rings. The third-order valence-electron chi connectivity index (χ3n) is 5.19. The van der Waals surface area contributed by atoms with Crippen molar-refractivity contribution in [3.63, 3.8) is 0 Å². The molecule has 4 rings (SSSR count). The van der Waals surface area contributed by atoms with Crippen LogP contribution >= 0.6 is 11.8 Å². The van der Waals surface area contributed by atoms with E-state index in [1.807, 2.05) is 16.7 Å². The van der Waals surface area contributed by atoms with Crippen LogP contribution in [0, 0.1) is 0 Å². The van der Waals surface area contributed by atoms with E-state index in [1.54, 1.807) is 0 Å². The summed E-state index contributed by atoms with van der Waals surface area (Å²) in [4.78, 5) is 18.6. The minimum atomic E-state index is 0.242. The number of para-hydroxylation sites is 1. The fraction of sp³-hybridized carbons (Fsp3) is 0.381. The molecule has 0 fully saturated rings. The topological polar surface area (TPSA) is 23.6 Å². The fourth-order valence-electron chi connectivity index (χ4n) is 3.71. The third-order valence-corrected chi connectivity index (χ3v) is 6.60. The normalized spacial score (nSPS) is 19.3. The van der Waals surface area contributed by atoms with Gasteiger partial charge in [0, 0.05) is 29.8 Å². The van der Waals surface area contributed by atoms with Gasteiger partial charge in [-0.1, -0.05) is 43.3 Å². The maximum Gasteiger partial charge on any atom is 0.242 e. The zero-order valence-corrected chi connectivity index (χ0v) is 15.5. The van der Waals surface area contributed by atoms with Crippen LogP contribution in [0.5, 0.6) is 0 Å². The van der Waals surface area contributed by atoms with Crippen LogP contribution in [0.3, 0.4) is 0 Å². The van der Waals surface area contributed by atoms with Crippen LogP contribution in [-0.2, 0) is 17.8 Å². The van der Waals surface area contributed by atoms with Crippen LogP contribution in [-0.4, -0.2) is 35.7 Å². The summed E-state index contributed by atoms with van der Waals surface area (Å²) in [6, 6.07) is 17.0. The Morgan fingerprint density at radius 3 is 2.72 bits per heavy atom. The number of amides is 1. The summed E-state index contributed by atoms with van der Waals surface area (Å²) in [6.45, 7) is 5.24. The molecule has 25 heavy (non-hydrogen) atoms. The van der Waals surface area contributed by atoms with Crippen molar-refractivity contribution in [2.45, 2.75) is 36.5 Å². The lowest BCUT2D eigenvalue weighted by Gasteiger charge is -2.37. The molecule has 0 aromatic heterocycles. The first-order valence-electron chi connectivity index (χ1n) is 9.10. The van der Waals surface area contributed by atoms with Gasteiger partial charge in [0.15, 0.2) is 0 Å². The highest BCUT2D eigenvalue weighted by Crippen LogP contribution is 2.39. The SMILES string of the molecule is CC[C@@H]1CN(CC(=O)N2CCc3ccccc3C2)c2ccccc2S1. The minimum absolute atomic E-state index is 0.242. The molecule has 2 aliphatic rings. The van der Waals surface area contributed by atoms with E-state index in [1.165, 1.54) is 21.7 Å². The standard InChI is InChI=1S/C21H24N2OS/c1-2-18-14-23(19-9-5-6-10-20(19)25-18)15-21(24)22-12-11-16-7-3-4-8-17(16)13-22/h3-10,18H,2,11-15H2,1H3/t18-/m1/s1. The third kappa shape index (κ3) is 3.40. The van der Waals surface area contributed by atoms with E-state index in [0.29, 0.717) is 11.8 Å². The van der Waals surface area contributed by atoms with Gasteiger partial charge in [-0.2, -0.15) is 0 Å². The van der Waals surface area contributed by atoms with E-state index in [0.717, 1.165) is 32.5 Å². The number of fused-ring (bicyclic) bond motifs is 2. The largest absolute Gasteiger partial charge is 0.360 e. The zero-order valence-electron chi connectivity index (χ0n) is 14.6. The maximum atomic E-state index is 13.0. The summed E-state index contributed by atoms with van der Waals surface area (Å²) in [6.07, 6.45) is 2.09. The first-order valence-corrected chi connectivity index (χ1v) is 9.97. The van der Waals surface area contributed by atoms with Gasteiger partial charge in [0.1, 0.15) is 0 Å². The number of thioether (sulfide) groups is 1. The molecule has 0 spiro atoms. The fourth-order valence-corrected chi connectivity index (χ4v) is 4.97. The van der Waals surface area contributed by atoms with Crippen LogP contribution in [0.15, 0.2) is 53.4 Å². The van der Waals surface area contributed by atoms with Crippen molar-refractivity contribution < 1.29 is 4.79 Å². The van der Waals surface area contributed by atoms with Crippen molar-refractivity contribution in [2.75, 3.05) is 24.5 Å². The molecule has 0 saturated carbocycles. The predicted octanol–water partition coefficient (Wildman–Crippen LogP) is 3.96. The highest BCUT2D eigenvalue weighted by Gasteiger charge is 2.28. The van der Waals surface area contributed by atoms with E-state index in [2.05, 4.69) is 60.4 Å². The molecule has 3 nitrogen and oxygen atoms in total. The van der Waals surface area contributed by atoms with Crippen molar-refractivity contribution in [1.82, 2.24) is 4.90 Å². The Labute approximate surface area is 154 Å². The summed E-state index contributed by atoms with van der Waals surface area (Å²) < 4.78 is 0. The number of hydrogen-bond donors (Lipinski definition) is 0. The van der Waals surface area contributed by atoms with Crippen LogP contribution in [0.2, 0.25) is 0 Å². The molecule has 0 N–H and O–H groups in total. The highest BCUT2D eigenvalue weighted by molar-refractivity contribution is 8.00. The summed E-state index contributed by atoms with van der Waals surface area (Å²) in [7, 11) is 0. The highest BCUT2D eigenvalue weighted by atomic mass is 32.2. The molecule has 1 amide bonds. The summed E-state index contributed by atoms with van der Waals surface area (Å²) >= 11 is 1.95. The smallest absolute Gasteiger partial charge is 0.242 e. The summed E-state index contributed by atoms with van der Waals surface area (Å²) in [5.41, 5.74) is 3.89. The first-order chi connectivity index (χ1) is 12.2. The number of anilines is 1. The Kier molecular flexibility index (Phi) is 4.71. The lowest BCUT2D eigenvalue weighted by atomic mass is 10.00. The Morgan fingerprint density at radius 2 is 1.88 bits per heavy atom. The van der Waals surface area contributed by atoms with Crippen LogP contribution in [0.4, 0.5) is 5.69 Å². The van der Waals surface area contributed by atoms with Gasteiger partial charge in [-0.15, -0.1) is 11.8 Å². The Morgan fingerprint density at radius 1 is 1.12 bits per heavy atom. The molecule has 2 aliphatic heterocycles. The van der Waals surface area contributed by atoms with Gasteiger partial charge >= 0.3 is 0 Å². The predicted molar refractivity (Wildman–Crippen MR) is 104 cm³/mol. The molecule has 2 aromatic carbocycles. The Balaban J connectivity index is 1.49. The molecule has 1 atom stereocenters. The van der Waals surface area contributed by atoms with E-state index in [-0.39, 0.29) is 5.91 Å². The molecule has 4 heteroatoms. The molecule has 0 radical (unpaired) electrons. The van der Waals surface area contributed by atoms with E-state index in [4.69, 9.17) is 0 Å². The second-order valence-electron chi connectivity index (χ2n) is 6.83. The molecular formula is C21H24N2OS. The van der Waals surface area contributed by atoms with E-state index in [9.17, 15) is 4.79 Å². The van der Waals surface area contributed by atoms with Crippen molar-refractivity contribution in [1.29, 1.82) is 0 Å². The molecule has 2 heterocycles. The van der Waals surface area contributed by atoms with Crippen molar-refractivity contribution in [3.8, 4) is 0 Å². The lowest BCUT2D eigenvalue weighted by molar-refractivity contribution is -0.130.